The van der Waals surface area contributed by atoms with Gasteiger partial charge in [0.2, 0.25) is 5.91 Å². The zero-order chi connectivity index (χ0) is 18.4. The summed E-state index contributed by atoms with van der Waals surface area (Å²) in [5, 5.41) is 10.8. The minimum atomic E-state index is -0.270. The van der Waals surface area contributed by atoms with Crippen molar-refractivity contribution in [3.8, 4) is 11.3 Å². The summed E-state index contributed by atoms with van der Waals surface area (Å²) in [4.78, 5) is 16.8. The number of hydrogen-bond acceptors (Lipinski definition) is 5. The molecule has 0 saturated heterocycles. The number of aromatic nitrogens is 1. The first-order chi connectivity index (χ1) is 12.6. The van der Waals surface area contributed by atoms with Crippen LogP contribution in [0.15, 0.2) is 41.1 Å². The lowest BCUT2D eigenvalue weighted by Gasteiger charge is -2.06. The standard InChI is InChI=1S/C19H20FN3OS2/c1-13(24)21-8-6-14-4-5-15(11-17(14)20)18-12-26-19(23-18)22-9-7-16-3-2-10-25-16/h2-5,10-12H,6-9H2,1H3,(H,21,24)(H,22,23). The molecule has 136 valence electrons. The Bertz CT molecular complexity index is 862. The van der Waals surface area contributed by atoms with E-state index in [2.05, 4.69) is 33.1 Å². The maximum atomic E-state index is 14.3. The third-order valence-electron chi connectivity index (χ3n) is 3.85. The number of hydrogen-bond donors (Lipinski definition) is 2. The van der Waals surface area contributed by atoms with Crippen molar-refractivity contribution in [1.29, 1.82) is 0 Å². The monoisotopic (exact) mass is 389 g/mol. The van der Waals surface area contributed by atoms with E-state index in [1.807, 2.05) is 11.4 Å². The highest BCUT2D eigenvalue weighted by molar-refractivity contribution is 7.14. The van der Waals surface area contributed by atoms with Crippen molar-refractivity contribution in [2.75, 3.05) is 18.4 Å². The number of thiophene rings is 1. The van der Waals surface area contributed by atoms with E-state index < -0.39 is 0 Å². The zero-order valence-electron chi connectivity index (χ0n) is 14.4. The lowest BCUT2D eigenvalue weighted by Crippen LogP contribution is -2.22. The van der Waals surface area contributed by atoms with Crippen molar-refractivity contribution in [2.24, 2.45) is 0 Å². The predicted molar refractivity (Wildman–Crippen MR) is 106 cm³/mol. The molecule has 26 heavy (non-hydrogen) atoms. The average molecular weight is 390 g/mol. The van der Waals surface area contributed by atoms with Crippen molar-refractivity contribution in [3.63, 3.8) is 0 Å². The molecule has 0 atom stereocenters. The number of thiazole rings is 1. The first kappa shape index (κ1) is 18.5. The van der Waals surface area contributed by atoms with E-state index in [0.29, 0.717) is 18.5 Å². The molecule has 0 radical (unpaired) electrons. The number of carbonyl (C=O) groups excluding carboxylic acids is 1. The van der Waals surface area contributed by atoms with E-state index >= 15 is 0 Å². The van der Waals surface area contributed by atoms with Crippen LogP contribution in [0.5, 0.6) is 0 Å². The highest BCUT2D eigenvalue weighted by Crippen LogP contribution is 2.26. The van der Waals surface area contributed by atoms with Crippen LogP contribution in [0.25, 0.3) is 11.3 Å². The summed E-state index contributed by atoms with van der Waals surface area (Å²) >= 11 is 3.27. The van der Waals surface area contributed by atoms with Gasteiger partial charge in [-0.2, -0.15) is 0 Å². The molecule has 0 aliphatic rings. The number of benzene rings is 1. The number of amides is 1. The summed E-state index contributed by atoms with van der Waals surface area (Å²) in [6, 6.07) is 9.31. The van der Waals surface area contributed by atoms with Gasteiger partial charge in [0.15, 0.2) is 5.13 Å². The second kappa shape index (κ2) is 8.91. The highest BCUT2D eigenvalue weighted by atomic mass is 32.1. The molecule has 0 fully saturated rings. The number of rotatable bonds is 8. The van der Waals surface area contributed by atoms with Crippen molar-refractivity contribution >= 4 is 33.7 Å². The molecule has 0 bridgehead atoms. The number of nitrogens with zero attached hydrogens (tertiary/aromatic N) is 1. The van der Waals surface area contributed by atoms with Gasteiger partial charge in [0, 0.05) is 35.8 Å². The van der Waals surface area contributed by atoms with Gasteiger partial charge in [-0.25, -0.2) is 9.37 Å². The Morgan fingerprint density at radius 1 is 1.19 bits per heavy atom. The van der Waals surface area contributed by atoms with Crippen LogP contribution in [0.2, 0.25) is 0 Å². The first-order valence-electron chi connectivity index (χ1n) is 8.37. The topological polar surface area (TPSA) is 54.0 Å². The van der Waals surface area contributed by atoms with E-state index in [9.17, 15) is 9.18 Å². The Morgan fingerprint density at radius 2 is 2.08 bits per heavy atom. The van der Waals surface area contributed by atoms with Crippen LogP contribution < -0.4 is 10.6 Å². The van der Waals surface area contributed by atoms with Gasteiger partial charge in [-0.05, 0) is 35.9 Å². The van der Waals surface area contributed by atoms with Crippen molar-refractivity contribution in [2.45, 2.75) is 19.8 Å². The fourth-order valence-electron chi connectivity index (χ4n) is 2.52. The van der Waals surface area contributed by atoms with E-state index in [-0.39, 0.29) is 11.7 Å². The Kier molecular flexibility index (Phi) is 6.35. The maximum Gasteiger partial charge on any atom is 0.216 e. The fourth-order valence-corrected chi connectivity index (χ4v) is 3.98. The van der Waals surface area contributed by atoms with Gasteiger partial charge >= 0.3 is 0 Å². The van der Waals surface area contributed by atoms with Crippen molar-refractivity contribution < 1.29 is 9.18 Å². The molecule has 0 aliphatic heterocycles. The summed E-state index contributed by atoms with van der Waals surface area (Å²) in [6.45, 7) is 2.71. The fraction of sp³-hybridized carbons (Fsp3) is 0.263. The molecular formula is C19H20FN3OS2. The van der Waals surface area contributed by atoms with Gasteiger partial charge in [-0.15, -0.1) is 22.7 Å². The first-order valence-corrected chi connectivity index (χ1v) is 10.1. The van der Waals surface area contributed by atoms with Gasteiger partial charge < -0.3 is 10.6 Å². The van der Waals surface area contributed by atoms with E-state index in [4.69, 9.17) is 0 Å². The summed E-state index contributed by atoms with van der Waals surface area (Å²) in [6.07, 6.45) is 1.43. The van der Waals surface area contributed by atoms with Crippen molar-refractivity contribution in [3.05, 3.63) is 57.3 Å². The summed E-state index contributed by atoms with van der Waals surface area (Å²) < 4.78 is 14.3. The largest absolute Gasteiger partial charge is 0.361 e. The molecule has 4 nitrogen and oxygen atoms in total. The summed E-state index contributed by atoms with van der Waals surface area (Å²) in [5.74, 6) is -0.378. The van der Waals surface area contributed by atoms with E-state index in [0.717, 1.165) is 29.4 Å². The van der Waals surface area contributed by atoms with Crippen molar-refractivity contribution in [1.82, 2.24) is 10.3 Å². The molecule has 0 unspecified atom stereocenters. The zero-order valence-corrected chi connectivity index (χ0v) is 16.1. The van der Waals surface area contributed by atoms with Crippen LogP contribution in [-0.4, -0.2) is 24.0 Å². The Labute approximate surface area is 160 Å². The number of nitrogens with one attached hydrogen (secondary N) is 2. The lowest BCUT2D eigenvalue weighted by atomic mass is 10.1. The normalized spacial score (nSPS) is 10.7. The number of anilines is 1. The van der Waals surface area contributed by atoms with Crippen LogP contribution in [0.4, 0.5) is 9.52 Å². The van der Waals surface area contributed by atoms with Gasteiger partial charge in [0.25, 0.3) is 0 Å². The minimum Gasteiger partial charge on any atom is -0.361 e. The Balaban J connectivity index is 1.57. The van der Waals surface area contributed by atoms with Crippen LogP contribution in [0.1, 0.15) is 17.4 Å². The lowest BCUT2D eigenvalue weighted by molar-refractivity contribution is -0.118. The molecule has 0 saturated carbocycles. The SMILES string of the molecule is CC(=O)NCCc1ccc(-c2csc(NCCc3cccs3)n2)cc1F. The molecule has 2 N–H and O–H groups in total. The second-order valence-electron chi connectivity index (χ2n) is 5.83. The quantitative estimate of drug-likeness (QED) is 0.602. The highest BCUT2D eigenvalue weighted by Gasteiger charge is 2.09. The molecule has 2 aromatic heterocycles. The molecule has 7 heteroatoms. The molecule has 2 heterocycles. The predicted octanol–water partition coefficient (Wildman–Crippen LogP) is 4.34. The minimum absolute atomic E-state index is 0.108. The molecule has 3 rings (SSSR count). The number of carbonyl (C=O) groups is 1. The third-order valence-corrected chi connectivity index (χ3v) is 5.59. The Hall–Kier alpha value is -2.25. The van der Waals surface area contributed by atoms with E-state index in [1.165, 1.54) is 29.2 Å². The van der Waals surface area contributed by atoms with Gasteiger partial charge in [-0.3, -0.25) is 4.79 Å². The van der Waals surface area contributed by atoms with Crippen LogP contribution in [-0.2, 0) is 17.6 Å². The molecule has 0 spiro atoms. The van der Waals surface area contributed by atoms with E-state index in [1.54, 1.807) is 17.4 Å². The smallest absolute Gasteiger partial charge is 0.216 e. The van der Waals surface area contributed by atoms with Gasteiger partial charge in [0.1, 0.15) is 5.82 Å². The summed E-state index contributed by atoms with van der Waals surface area (Å²) in [5.41, 5.74) is 2.11. The molecule has 3 aromatic rings. The van der Waals surface area contributed by atoms with Crippen LogP contribution in [0, 0.1) is 5.82 Å². The van der Waals surface area contributed by atoms with Gasteiger partial charge in [0.05, 0.1) is 5.69 Å². The molecule has 1 amide bonds. The Morgan fingerprint density at radius 3 is 2.81 bits per heavy atom. The maximum absolute atomic E-state index is 14.3. The molecule has 1 aromatic carbocycles. The second-order valence-corrected chi connectivity index (χ2v) is 7.72. The van der Waals surface area contributed by atoms with Crippen LogP contribution >= 0.6 is 22.7 Å². The third kappa shape index (κ3) is 5.12. The average Bonchev–Trinajstić information content (AvgIpc) is 3.28. The molecular weight excluding hydrogens is 369 g/mol. The van der Waals surface area contributed by atoms with Crippen LogP contribution in [0.3, 0.4) is 0 Å². The number of halogens is 1. The van der Waals surface area contributed by atoms with Gasteiger partial charge in [-0.1, -0.05) is 18.2 Å². The summed E-state index contributed by atoms with van der Waals surface area (Å²) in [7, 11) is 0. The molecule has 0 aliphatic carbocycles.